The van der Waals surface area contributed by atoms with E-state index in [9.17, 15) is 9.59 Å². The highest BCUT2D eigenvalue weighted by atomic mass is 16.5. The van der Waals surface area contributed by atoms with Gasteiger partial charge in [0.2, 0.25) is 5.91 Å². The number of hydrogen-bond acceptors (Lipinski definition) is 3. The molecule has 1 aromatic carbocycles. The fourth-order valence-electron chi connectivity index (χ4n) is 2.61. The summed E-state index contributed by atoms with van der Waals surface area (Å²) in [6.07, 6.45) is 5.27. The zero-order chi connectivity index (χ0) is 15.1. The van der Waals surface area contributed by atoms with Crippen LogP contribution in [0.2, 0.25) is 0 Å². The third kappa shape index (κ3) is 4.88. The maximum atomic E-state index is 12.1. The van der Waals surface area contributed by atoms with Crippen molar-refractivity contribution in [2.45, 2.75) is 51.7 Å². The van der Waals surface area contributed by atoms with Crippen LogP contribution >= 0.6 is 0 Å². The van der Waals surface area contributed by atoms with Gasteiger partial charge in [0.1, 0.15) is 12.6 Å². The first-order chi connectivity index (χ1) is 10.2. The molecule has 114 valence electrons. The molecule has 21 heavy (non-hydrogen) atoms. The molecule has 1 aromatic rings. The van der Waals surface area contributed by atoms with E-state index in [-0.39, 0.29) is 24.4 Å². The standard InChI is InChI=1S/C17H23NO3/c1-13(18-16(19)15-10-6-3-7-11-15)17(20)21-12-14-8-4-2-5-9-14/h2,4-5,8-9,13,15H,3,6-7,10-12H2,1H3,(H,18,19). The highest BCUT2D eigenvalue weighted by Crippen LogP contribution is 2.23. The normalized spacial score (nSPS) is 17.0. The molecule has 0 spiro atoms. The smallest absolute Gasteiger partial charge is 0.328 e. The molecule has 1 unspecified atom stereocenters. The summed E-state index contributed by atoms with van der Waals surface area (Å²) in [5.74, 6) is -0.343. The van der Waals surface area contributed by atoms with Crippen molar-refractivity contribution < 1.29 is 14.3 Å². The van der Waals surface area contributed by atoms with Crippen LogP contribution in [0.3, 0.4) is 0 Å². The SMILES string of the molecule is CC(NC(=O)C1CCCCC1)C(=O)OCc1ccccc1. The average Bonchev–Trinajstić information content (AvgIpc) is 2.54. The lowest BCUT2D eigenvalue weighted by atomic mass is 9.88. The minimum Gasteiger partial charge on any atom is -0.459 e. The van der Waals surface area contributed by atoms with Gasteiger partial charge in [-0.05, 0) is 25.3 Å². The Kier molecular flexibility index (Phi) is 5.78. The lowest BCUT2D eigenvalue weighted by molar-refractivity contribution is -0.149. The monoisotopic (exact) mass is 289 g/mol. The van der Waals surface area contributed by atoms with Crippen LogP contribution in [0.25, 0.3) is 0 Å². The first-order valence-electron chi connectivity index (χ1n) is 7.68. The van der Waals surface area contributed by atoms with Gasteiger partial charge in [0.15, 0.2) is 0 Å². The third-order valence-corrected chi connectivity index (χ3v) is 3.91. The van der Waals surface area contributed by atoms with E-state index in [4.69, 9.17) is 4.74 Å². The average molecular weight is 289 g/mol. The molecule has 0 radical (unpaired) electrons. The largest absolute Gasteiger partial charge is 0.459 e. The Morgan fingerprint density at radius 3 is 2.52 bits per heavy atom. The summed E-state index contributed by atoms with van der Waals surface area (Å²) in [6.45, 7) is 1.91. The van der Waals surface area contributed by atoms with E-state index in [1.807, 2.05) is 30.3 Å². The maximum Gasteiger partial charge on any atom is 0.328 e. The quantitative estimate of drug-likeness (QED) is 0.848. The van der Waals surface area contributed by atoms with Crippen molar-refractivity contribution >= 4 is 11.9 Å². The summed E-state index contributed by atoms with van der Waals surface area (Å²) in [7, 11) is 0. The molecule has 1 amide bonds. The van der Waals surface area contributed by atoms with Gasteiger partial charge in [-0.15, -0.1) is 0 Å². The first kappa shape index (κ1) is 15.5. The van der Waals surface area contributed by atoms with Crippen molar-refractivity contribution in [2.75, 3.05) is 0 Å². The number of nitrogens with one attached hydrogen (secondary N) is 1. The second-order valence-corrected chi connectivity index (χ2v) is 5.66. The van der Waals surface area contributed by atoms with E-state index < -0.39 is 6.04 Å². The number of rotatable bonds is 5. The summed E-state index contributed by atoms with van der Waals surface area (Å²) in [6, 6.07) is 8.92. The predicted octanol–water partition coefficient (Wildman–Crippen LogP) is 2.81. The highest BCUT2D eigenvalue weighted by Gasteiger charge is 2.24. The Labute approximate surface area is 125 Å². The van der Waals surface area contributed by atoms with E-state index in [2.05, 4.69) is 5.32 Å². The molecule has 4 nitrogen and oxygen atoms in total. The van der Waals surface area contributed by atoms with Gasteiger partial charge in [-0.3, -0.25) is 4.79 Å². The number of amides is 1. The van der Waals surface area contributed by atoms with Gasteiger partial charge in [0, 0.05) is 5.92 Å². The fourth-order valence-corrected chi connectivity index (χ4v) is 2.61. The number of hydrogen-bond donors (Lipinski definition) is 1. The molecule has 2 rings (SSSR count). The van der Waals surface area contributed by atoms with Crippen molar-refractivity contribution in [3.8, 4) is 0 Å². The van der Waals surface area contributed by atoms with E-state index >= 15 is 0 Å². The number of carbonyl (C=O) groups excluding carboxylic acids is 2. The molecular weight excluding hydrogens is 266 g/mol. The third-order valence-electron chi connectivity index (χ3n) is 3.91. The minimum atomic E-state index is -0.594. The molecule has 0 heterocycles. The molecule has 1 aliphatic rings. The van der Waals surface area contributed by atoms with Gasteiger partial charge in [0.05, 0.1) is 0 Å². The molecule has 0 saturated heterocycles. The zero-order valence-corrected chi connectivity index (χ0v) is 12.5. The van der Waals surface area contributed by atoms with Crippen LogP contribution in [-0.2, 0) is 20.9 Å². The molecule has 1 N–H and O–H groups in total. The molecule has 1 atom stereocenters. The number of esters is 1. The Balaban J connectivity index is 1.75. The Hall–Kier alpha value is -1.84. The van der Waals surface area contributed by atoms with Crippen molar-refractivity contribution in [3.63, 3.8) is 0 Å². The number of carbonyl (C=O) groups is 2. The summed E-state index contributed by atoms with van der Waals surface area (Å²) in [5.41, 5.74) is 0.941. The van der Waals surface area contributed by atoms with Crippen LogP contribution in [0, 0.1) is 5.92 Å². The zero-order valence-electron chi connectivity index (χ0n) is 12.5. The summed E-state index contributed by atoms with van der Waals surface area (Å²) < 4.78 is 5.22. The Morgan fingerprint density at radius 1 is 1.19 bits per heavy atom. The van der Waals surface area contributed by atoms with E-state index in [1.165, 1.54) is 6.42 Å². The van der Waals surface area contributed by atoms with E-state index in [1.54, 1.807) is 6.92 Å². The van der Waals surface area contributed by atoms with Crippen molar-refractivity contribution in [1.29, 1.82) is 0 Å². The molecule has 4 heteroatoms. The van der Waals surface area contributed by atoms with E-state index in [0.29, 0.717) is 0 Å². The molecule has 0 aliphatic heterocycles. The van der Waals surface area contributed by atoms with Gasteiger partial charge in [-0.2, -0.15) is 0 Å². The second kappa shape index (κ2) is 7.81. The highest BCUT2D eigenvalue weighted by molar-refractivity contribution is 5.85. The second-order valence-electron chi connectivity index (χ2n) is 5.66. The van der Waals surface area contributed by atoms with Gasteiger partial charge >= 0.3 is 5.97 Å². The first-order valence-corrected chi connectivity index (χ1v) is 7.68. The summed E-state index contributed by atoms with van der Waals surface area (Å²) in [5, 5.41) is 2.77. The molecule has 1 saturated carbocycles. The van der Waals surface area contributed by atoms with Crippen LogP contribution in [0.15, 0.2) is 30.3 Å². The fraction of sp³-hybridized carbons (Fsp3) is 0.529. The summed E-state index contributed by atoms with van der Waals surface area (Å²) in [4.78, 5) is 24.0. The molecule has 0 aromatic heterocycles. The van der Waals surface area contributed by atoms with Crippen LogP contribution in [0.5, 0.6) is 0 Å². The van der Waals surface area contributed by atoms with Crippen LogP contribution in [0.1, 0.15) is 44.6 Å². The van der Waals surface area contributed by atoms with Crippen LogP contribution in [-0.4, -0.2) is 17.9 Å². The van der Waals surface area contributed by atoms with E-state index in [0.717, 1.165) is 31.2 Å². The predicted molar refractivity (Wildman–Crippen MR) is 80.4 cm³/mol. The minimum absolute atomic E-state index is 0.0149. The van der Waals surface area contributed by atoms with Crippen molar-refractivity contribution in [2.24, 2.45) is 5.92 Å². The topological polar surface area (TPSA) is 55.4 Å². The molecular formula is C17H23NO3. The van der Waals surface area contributed by atoms with Gasteiger partial charge < -0.3 is 10.1 Å². The van der Waals surface area contributed by atoms with Gasteiger partial charge in [-0.25, -0.2) is 4.79 Å². The maximum absolute atomic E-state index is 12.1. The van der Waals surface area contributed by atoms with Crippen LogP contribution in [0.4, 0.5) is 0 Å². The molecule has 1 fully saturated rings. The number of ether oxygens (including phenoxy) is 1. The van der Waals surface area contributed by atoms with Crippen LogP contribution < -0.4 is 5.32 Å². The lowest BCUT2D eigenvalue weighted by Gasteiger charge is -2.22. The lowest BCUT2D eigenvalue weighted by Crippen LogP contribution is -2.42. The van der Waals surface area contributed by atoms with Gasteiger partial charge in [0.25, 0.3) is 0 Å². The summed E-state index contributed by atoms with van der Waals surface area (Å²) >= 11 is 0. The van der Waals surface area contributed by atoms with Crippen molar-refractivity contribution in [1.82, 2.24) is 5.32 Å². The Morgan fingerprint density at radius 2 is 1.86 bits per heavy atom. The Bertz CT molecular complexity index is 466. The number of benzene rings is 1. The van der Waals surface area contributed by atoms with Crippen molar-refractivity contribution in [3.05, 3.63) is 35.9 Å². The molecule has 1 aliphatic carbocycles. The molecule has 0 bridgehead atoms. The van der Waals surface area contributed by atoms with Gasteiger partial charge in [-0.1, -0.05) is 49.6 Å².